The van der Waals surface area contributed by atoms with Crippen molar-refractivity contribution in [3.63, 3.8) is 0 Å². The number of rotatable bonds is 12. The highest BCUT2D eigenvalue weighted by atomic mass is 19.4. The molecule has 0 aromatic heterocycles. The Morgan fingerprint density at radius 2 is 1.12 bits per heavy atom. The van der Waals surface area contributed by atoms with Crippen molar-refractivity contribution in [2.45, 2.75) is 54.1 Å². The molecule has 25 heteroatoms. The Balaban J connectivity index is 3.34. The van der Waals surface area contributed by atoms with Crippen molar-refractivity contribution in [3.8, 4) is 0 Å². The van der Waals surface area contributed by atoms with Crippen LogP contribution >= 0.6 is 0 Å². The molecule has 0 saturated carbocycles. The van der Waals surface area contributed by atoms with E-state index in [0.717, 1.165) is 0 Å². The third kappa shape index (κ3) is 5.66. The van der Waals surface area contributed by atoms with Gasteiger partial charge in [-0.25, -0.2) is 4.79 Å². The average Bonchev–Trinajstić information content (AvgIpc) is 2.81. The van der Waals surface area contributed by atoms with Gasteiger partial charge >= 0.3 is 53.6 Å². The number of benzene rings is 1. The number of esters is 1. The highest BCUT2D eigenvalue weighted by Crippen LogP contribution is 2.64. The summed E-state index contributed by atoms with van der Waals surface area (Å²) in [4.78, 5) is 21.3. The molecular formula is C17H9F17N2O6. The van der Waals surface area contributed by atoms with E-state index in [1.807, 2.05) is 0 Å². The van der Waals surface area contributed by atoms with Crippen molar-refractivity contribution in [2.75, 3.05) is 11.8 Å². The maximum absolute atomic E-state index is 13.9. The molecule has 0 bridgehead atoms. The van der Waals surface area contributed by atoms with Crippen molar-refractivity contribution < 1.29 is 99.5 Å². The summed E-state index contributed by atoms with van der Waals surface area (Å²) < 4.78 is 229. The topological polar surface area (TPSA) is 113 Å². The lowest BCUT2D eigenvalue weighted by molar-refractivity contribution is -0.461. The molecule has 0 amide bonds. The Hall–Kier alpha value is -3.38. The van der Waals surface area contributed by atoms with Gasteiger partial charge in [-0.1, -0.05) is 0 Å². The van der Waals surface area contributed by atoms with E-state index in [9.17, 15) is 89.5 Å². The second-order valence-electron chi connectivity index (χ2n) is 7.82. The Labute approximate surface area is 217 Å². The minimum atomic E-state index is -8.79. The number of alkyl halides is 17. The molecule has 1 aromatic carbocycles. The Kier molecular flexibility index (Phi) is 9.35. The molecule has 2 N–H and O–H groups in total. The van der Waals surface area contributed by atoms with E-state index in [0.29, 0.717) is 6.07 Å². The predicted molar refractivity (Wildman–Crippen MR) is 94.7 cm³/mol. The number of halogens is 17. The second-order valence-corrected chi connectivity index (χ2v) is 7.82. The van der Waals surface area contributed by atoms with E-state index in [4.69, 9.17) is 10.4 Å². The number of nitrogens with zero attached hydrogens (tertiary/aromatic N) is 2. The first-order chi connectivity index (χ1) is 18.3. The predicted octanol–water partition coefficient (Wildman–Crippen LogP) is 6.74. The summed E-state index contributed by atoms with van der Waals surface area (Å²) in [6.45, 7) is -2.30. The van der Waals surface area contributed by atoms with Gasteiger partial charge in [-0.3, -0.25) is 20.5 Å². The fraction of sp³-hybridized carbons (Fsp3) is 0.588. The molecule has 0 fully saturated rings. The molecule has 0 aliphatic heterocycles. The zero-order valence-corrected chi connectivity index (χ0v) is 19.0. The third-order valence-corrected chi connectivity index (χ3v) is 5.02. The fourth-order valence-corrected chi connectivity index (χ4v) is 2.64. The van der Waals surface area contributed by atoms with E-state index in [2.05, 4.69) is 4.74 Å². The van der Waals surface area contributed by atoms with Gasteiger partial charge in [0.1, 0.15) is 5.69 Å². The van der Waals surface area contributed by atoms with Crippen LogP contribution in [-0.2, 0) is 4.74 Å². The standard InChI is InChI=1S/C17H9F17N2O6/c18-10(19,1-2-42-9(37)6-3-7(35(38)39)5-8(4-6)36(40)41)11(20,21)12(22,23)13(24,25)14(26,27)15(28,29)16(30,31)17(32,33)34/h3-5,38-39H,1-2H2. The number of hydrogen-bond acceptors (Lipinski definition) is 7. The molecule has 242 valence electrons. The minimum absolute atomic E-state index is 0.218. The fourth-order valence-electron chi connectivity index (χ4n) is 2.64. The monoisotopic (exact) mass is 660 g/mol. The molecule has 1 rings (SSSR count). The first-order valence-electron chi connectivity index (χ1n) is 9.71. The molecule has 0 radical (unpaired) electrons. The zero-order valence-electron chi connectivity index (χ0n) is 19.0. The van der Waals surface area contributed by atoms with Crippen LogP contribution in [0.3, 0.4) is 0 Å². The summed E-state index contributed by atoms with van der Waals surface area (Å²) >= 11 is 0. The van der Waals surface area contributed by atoms with Crippen LogP contribution < -0.4 is 5.23 Å². The summed E-state index contributed by atoms with van der Waals surface area (Å²) in [7, 11) is 0. The summed E-state index contributed by atoms with van der Waals surface area (Å²) in [5.41, 5.74) is -3.34. The maximum Gasteiger partial charge on any atom is 0.460 e. The van der Waals surface area contributed by atoms with Crippen LogP contribution in [0.5, 0.6) is 0 Å². The normalized spacial score (nSPS) is 14.5. The van der Waals surface area contributed by atoms with Crippen LogP contribution in [0.4, 0.5) is 86.0 Å². The van der Waals surface area contributed by atoms with Crippen LogP contribution in [0, 0.1) is 10.1 Å². The first-order valence-corrected chi connectivity index (χ1v) is 9.71. The van der Waals surface area contributed by atoms with E-state index in [1.165, 1.54) is 0 Å². The number of hydrogen-bond donors (Lipinski definition) is 2. The quantitative estimate of drug-likeness (QED) is 0.111. The number of nitro groups is 1. The number of carbonyl (C=O) groups excluding carboxylic acids is 1. The summed E-state index contributed by atoms with van der Waals surface area (Å²) in [6.07, 6.45) is -11.0. The third-order valence-electron chi connectivity index (χ3n) is 5.02. The largest absolute Gasteiger partial charge is 0.462 e. The van der Waals surface area contributed by atoms with Crippen LogP contribution in [0.25, 0.3) is 0 Å². The molecular weight excluding hydrogens is 651 g/mol. The lowest BCUT2D eigenvalue weighted by Crippen LogP contribution is -2.74. The Bertz CT molecular complexity index is 1190. The van der Waals surface area contributed by atoms with Crippen molar-refractivity contribution in [3.05, 3.63) is 33.9 Å². The van der Waals surface area contributed by atoms with Crippen molar-refractivity contribution >= 4 is 17.3 Å². The van der Waals surface area contributed by atoms with E-state index in [1.54, 1.807) is 0 Å². The molecule has 0 aliphatic rings. The van der Waals surface area contributed by atoms with Crippen LogP contribution in [0.1, 0.15) is 16.8 Å². The van der Waals surface area contributed by atoms with E-state index < -0.39 is 93.7 Å². The Morgan fingerprint density at radius 3 is 1.50 bits per heavy atom. The first kappa shape index (κ1) is 36.6. The molecule has 8 nitrogen and oxygen atoms in total. The van der Waals surface area contributed by atoms with Gasteiger partial charge in [0.05, 0.1) is 23.5 Å². The molecule has 0 aliphatic carbocycles. The number of nitro benzene ring substituents is 1. The van der Waals surface area contributed by atoms with Gasteiger partial charge in [0, 0.05) is 12.1 Å². The maximum atomic E-state index is 13.9. The second kappa shape index (κ2) is 10.7. The van der Waals surface area contributed by atoms with Gasteiger partial charge < -0.3 is 4.74 Å². The molecule has 0 unspecified atom stereocenters. The van der Waals surface area contributed by atoms with Gasteiger partial charge in [-0.15, -0.1) is 5.23 Å². The van der Waals surface area contributed by atoms with Crippen LogP contribution in [0.15, 0.2) is 18.2 Å². The van der Waals surface area contributed by atoms with Crippen molar-refractivity contribution in [2.24, 2.45) is 0 Å². The SMILES string of the molecule is O=C(OCCC(F)(F)C(F)(F)C(F)(F)C(F)(F)C(F)(F)C(F)(F)C(F)(F)C(F)(F)F)c1cc(N(O)O)cc([N+](=O)[O-])c1. The Morgan fingerprint density at radius 1 is 0.714 bits per heavy atom. The van der Waals surface area contributed by atoms with Gasteiger partial charge in [0.25, 0.3) is 5.69 Å². The molecule has 0 spiro atoms. The lowest BCUT2D eigenvalue weighted by atomic mass is 9.88. The van der Waals surface area contributed by atoms with Crippen molar-refractivity contribution in [1.29, 1.82) is 0 Å². The van der Waals surface area contributed by atoms with Gasteiger partial charge in [0.15, 0.2) is 0 Å². The molecule has 42 heavy (non-hydrogen) atoms. The highest BCUT2D eigenvalue weighted by Gasteiger charge is 2.95. The van der Waals surface area contributed by atoms with Gasteiger partial charge in [-0.2, -0.15) is 74.6 Å². The summed E-state index contributed by atoms with van der Waals surface area (Å²) in [5, 5.41) is 27.6. The number of anilines is 1. The van der Waals surface area contributed by atoms with Gasteiger partial charge in [0.2, 0.25) is 0 Å². The molecule has 0 saturated heterocycles. The average molecular weight is 660 g/mol. The van der Waals surface area contributed by atoms with E-state index >= 15 is 0 Å². The molecule has 0 atom stereocenters. The summed E-state index contributed by atoms with van der Waals surface area (Å²) in [5.74, 6) is -59.9. The van der Waals surface area contributed by atoms with Crippen molar-refractivity contribution in [1.82, 2.24) is 0 Å². The van der Waals surface area contributed by atoms with Crippen LogP contribution in [-0.4, -0.2) is 75.5 Å². The number of ether oxygens (including phenoxy) is 1. The number of carbonyl (C=O) groups is 1. The number of non-ortho nitro benzene ring substituents is 1. The summed E-state index contributed by atoms with van der Waals surface area (Å²) in [6, 6.07) is 0.864. The van der Waals surface area contributed by atoms with Gasteiger partial charge in [-0.05, 0) is 6.07 Å². The molecule has 1 aromatic rings. The van der Waals surface area contributed by atoms with Crippen LogP contribution in [0.2, 0.25) is 0 Å². The minimum Gasteiger partial charge on any atom is -0.462 e. The molecule has 0 heterocycles. The highest BCUT2D eigenvalue weighted by molar-refractivity contribution is 5.91. The lowest BCUT2D eigenvalue weighted by Gasteiger charge is -2.42. The zero-order chi connectivity index (χ0) is 33.7. The smallest absolute Gasteiger partial charge is 0.460 e. The van der Waals surface area contributed by atoms with E-state index in [-0.39, 0.29) is 12.1 Å².